The third-order valence-corrected chi connectivity index (χ3v) is 3.01. The Morgan fingerprint density at radius 1 is 1.10 bits per heavy atom. The lowest BCUT2D eigenvalue weighted by atomic mass is 10.1. The zero-order valence-electron chi connectivity index (χ0n) is 10.5. The molecular weight excluding hydrogens is 276 g/mol. The molecule has 3 rings (SSSR count). The van der Waals surface area contributed by atoms with Gasteiger partial charge in [-0.3, -0.25) is 0 Å². The summed E-state index contributed by atoms with van der Waals surface area (Å²) >= 11 is 5.74. The van der Waals surface area contributed by atoms with Crippen LogP contribution in [0.2, 0.25) is 5.15 Å². The highest BCUT2D eigenvalue weighted by Crippen LogP contribution is 2.18. The second-order valence-corrected chi connectivity index (χ2v) is 4.69. The summed E-state index contributed by atoms with van der Waals surface area (Å²) in [4.78, 5) is 8.32. The normalized spacial score (nSPS) is 10.7. The lowest BCUT2D eigenvalue weighted by Gasteiger charge is -1.97. The van der Waals surface area contributed by atoms with Crippen LogP contribution in [0.3, 0.4) is 0 Å². The molecule has 3 aromatic rings. The fraction of sp³-hybridized carbons (Fsp3) is 0.0714. The lowest BCUT2D eigenvalue weighted by molar-refractivity contribution is 0.385. The fourth-order valence-electron chi connectivity index (χ4n) is 1.76. The van der Waals surface area contributed by atoms with Gasteiger partial charge in [-0.05, 0) is 29.8 Å². The van der Waals surface area contributed by atoms with Crippen LogP contribution in [0, 0.1) is 0 Å². The Kier molecular flexibility index (Phi) is 3.35. The molecule has 20 heavy (non-hydrogen) atoms. The molecule has 0 fully saturated rings. The number of nitrogens with zero attached hydrogens (tertiary/aromatic N) is 3. The van der Waals surface area contributed by atoms with Crippen molar-refractivity contribution in [1.82, 2.24) is 15.1 Å². The number of anilines is 1. The molecule has 0 atom stereocenters. The van der Waals surface area contributed by atoms with Crippen LogP contribution in [0.4, 0.5) is 5.69 Å². The van der Waals surface area contributed by atoms with Gasteiger partial charge in [-0.1, -0.05) is 28.9 Å². The van der Waals surface area contributed by atoms with Crippen LogP contribution in [-0.4, -0.2) is 15.1 Å². The highest BCUT2D eigenvalue weighted by Gasteiger charge is 2.09. The number of pyridine rings is 1. The van der Waals surface area contributed by atoms with Crippen molar-refractivity contribution in [2.45, 2.75) is 6.42 Å². The standard InChI is InChI=1S/C14H11ClN4O/c15-12-6-3-10(8-17-12)14-18-13(20-19-14)7-9-1-4-11(16)5-2-9/h1-6,8H,7,16H2. The number of hydrogen-bond donors (Lipinski definition) is 1. The maximum Gasteiger partial charge on any atom is 0.231 e. The number of rotatable bonds is 3. The molecule has 2 heterocycles. The topological polar surface area (TPSA) is 77.8 Å². The Morgan fingerprint density at radius 3 is 2.60 bits per heavy atom. The van der Waals surface area contributed by atoms with Crippen molar-refractivity contribution in [3.63, 3.8) is 0 Å². The molecule has 0 aliphatic rings. The van der Waals surface area contributed by atoms with Gasteiger partial charge in [-0.25, -0.2) is 4.98 Å². The summed E-state index contributed by atoms with van der Waals surface area (Å²) < 4.78 is 5.23. The van der Waals surface area contributed by atoms with Crippen molar-refractivity contribution in [2.75, 3.05) is 5.73 Å². The van der Waals surface area contributed by atoms with E-state index in [4.69, 9.17) is 21.9 Å². The molecule has 0 saturated carbocycles. The second-order valence-electron chi connectivity index (χ2n) is 4.30. The van der Waals surface area contributed by atoms with E-state index in [1.165, 1.54) is 0 Å². The molecule has 2 N–H and O–H groups in total. The molecule has 0 aliphatic carbocycles. The highest BCUT2D eigenvalue weighted by molar-refractivity contribution is 6.29. The van der Waals surface area contributed by atoms with Crippen molar-refractivity contribution in [3.05, 3.63) is 59.2 Å². The van der Waals surface area contributed by atoms with Gasteiger partial charge >= 0.3 is 0 Å². The van der Waals surface area contributed by atoms with Crippen LogP contribution < -0.4 is 5.73 Å². The van der Waals surface area contributed by atoms with Gasteiger partial charge in [0.2, 0.25) is 11.7 Å². The molecule has 0 unspecified atom stereocenters. The SMILES string of the molecule is Nc1ccc(Cc2nc(-c3ccc(Cl)nc3)no2)cc1. The van der Waals surface area contributed by atoms with Gasteiger partial charge in [0.15, 0.2) is 0 Å². The average molecular weight is 287 g/mol. The van der Waals surface area contributed by atoms with E-state index in [-0.39, 0.29) is 0 Å². The quantitative estimate of drug-likeness (QED) is 0.591. The average Bonchev–Trinajstić information content (AvgIpc) is 2.91. The molecule has 0 radical (unpaired) electrons. The minimum absolute atomic E-state index is 0.430. The van der Waals surface area contributed by atoms with Gasteiger partial charge in [0.25, 0.3) is 0 Å². The predicted octanol–water partition coefficient (Wildman–Crippen LogP) is 2.96. The van der Waals surface area contributed by atoms with Crippen LogP contribution in [0.15, 0.2) is 47.1 Å². The number of nitrogen functional groups attached to an aromatic ring is 1. The van der Waals surface area contributed by atoms with Gasteiger partial charge in [-0.2, -0.15) is 4.98 Å². The summed E-state index contributed by atoms with van der Waals surface area (Å²) in [6.07, 6.45) is 2.18. The third-order valence-electron chi connectivity index (χ3n) is 2.79. The smallest absolute Gasteiger partial charge is 0.231 e. The first kappa shape index (κ1) is 12.6. The molecule has 5 nitrogen and oxygen atoms in total. The first-order chi connectivity index (χ1) is 9.70. The van der Waals surface area contributed by atoms with Gasteiger partial charge in [0, 0.05) is 17.4 Å². The number of nitrogens with two attached hydrogens (primary N) is 1. The van der Waals surface area contributed by atoms with Crippen molar-refractivity contribution in [1.29, 1.82) is 0 Å². The molecule has 1 aromatic carbocycles. The maximum atomic E-state index is 5.74. The molecule has 6 heteroatoms. The summed E-state index contributed by atoms with van der Waals surface area (Å²) in [5.74, 6) is 1.04. The largest absolute Gasteiger partial charge is 0.399 e. The first-order valence-electron chi connectivity index (χ1n) is 5.99. The number of hydrogen-bond acceptors (Lipinski definition) is 5. The summed E-state index contributed by atoms with van der Waals surface area (Å²) in [7, 11) is 0. The molecule has 0 aliphatic heterocycles. The highest BCUT2D eigenvalue weighted by atomic mass is 35.5. The van der Waals surface area contributed by atoms with E-state index in [0.717, 1.165) is 16.8 Å². The molecule has 0 bridgehead atoms. The monoisotopic (exact) mass is 286 g/mol. The minimum Gasteiger partial charge on any atom is -0.399 e. The van der Waals surface area contributed by atoms with Crippen LogP contribution in [0.5, 0.6) is 0 Å². The second kappa shape index (κ2) is 5.30. The molecular formula is C14H11ClN4O. The molecule has 2 aromatic heterocycles. The number of halogens is 1. The van der Waals surface area contributed by atoms with E-state index in [2.05, 4.69) is 15.1 Å². The van der Waals surface area contributed by atoms with Crippen molar-refractivity contribution >= 4 is 17.3 Å². The fourth-order valence-corrected chi connectivity index (χ4v) is 1.87. The van der Waals surface area contributed by atoms with Crippen LogP contribution in [0.1, 0.15) is 11.5 Å². The number of aromatic nitrogens is 3. The Morgan fingerprint density at radius 2 is 1.90 bits per heavy atom. The molecule has 0 amide bonds. The van der Waals surface area contributed by atoms with Crippen molar-refractivity contribution < 1.29 is 4.52 Å². The molecule has 0 spiro atoms. The predicted molar refractivity (Wildman–Crippen MR) is 76.2 cm³/mol. The van der Waals surface area contributed by atoms with Crippen molar-refractivity contribution in [3.8, 4) is 11.4 Å². The first-order valence-corrected chi connectivity index (χ1v) is 6.37. The zero-order chi connectivity index (χ0) is 13.9. The summed E-state index contributed by atoms with van der Waals surface area (Å²) in [6.45, 7) is 0. The summed E-state index contributed by atoms with van der Waals surface area (Å²) in [5, 5.41) is 4.37. The van der Waals surface area contributed by atoms with Gasteiger partial charge in [0.05, 0.1) is 6.42 Å². The lowest BCUT2D eigenvalue weighted by Crippen LogP contribution is -1.90. The summed E-state index contributed by atoms with van der Waals surface area (Å²) in [5.41, 5.74) is 8.20. The number of benzene rings is 1. The summed E-state index contributed by atoms with van der Waals surface area (Å²) in [6, 6.07) is 11.0. The van der Waals surface area contributed by atoms with Crippen LogP contribution in [0.25, 0.3) is 11.4 Å². The molecule has 0 saturated heterocycles. The van der Waals surface area contributed by atoms with E-state index in [1.807, 2.05) is 24.3 Å². The van der Waals surface area contributed by atoms with Crippen LogP contribution >= 0.6 is 11.6 Å². The molecule has 100 valence electrons. The van der Waals surface area contributed by atoms with Crippen LogP contribution in [-0.2, 0) is 6.42 Å². The van der Waals surface area contributed by atoms with E-state index in [1.54, 1.807) is 18.3 Å². The Labute approximate surface area is 120 Å². The Balaban J connectivity index is 1.80. The van der Waals surface area contributed by atoms with E-state index in [0.29, 0.717) is 23.3 Å². The van der Waals surface area contributed by atoms with Crippen molar-refractivity contribution in [2.24, 2.45) is 0 Å². The maximum absolute atomic E-state index is 5.74. The zero-order valence-corrected chi connectivity index (χ0v) is 11.2. The third kappa shape index (κ3) is 2.78. The minimum atomic E-state index is 0.430. The van der Waals surface area contributed by atoms with Gasteiger partial charge < -0.3 is 10.3 Å². The Bertz CT molecular complexity index is 707. The van der Waals surface area contributed by atoms with E-state index < -0.39 is 0 Å². The van der Waals surface area contributed by atoms with E-state index in [9.17, 15) is 0 Å². The Hall–Kier alpha value is -2.40. The van der Waals surface area contributed by atoms with Gasteiger partial charge in [0.1, 0.15) is 5.15 Å². The van der Waals surface area contributed by atoms with E-state index >= 15 is 0 Å². The van der Waals surface area contributed by atoms with Gasteiger partial charge in [-0.15, -0.1) is 0 Å².